The SMILES string of the molecule is O=C(COCC1CCCCN1S(=O)(=O)c1c(Cl)cc(C(F)(F)F)cc1Cl)N1CCC(O)(c2ccccc2)CC1. The molecule has 39 heavy (non-hydrogen) atoms. The van der Waals surface area contributed by atoms with Gasteiger partial charge in [0.15, 0.2) is 0 Å². The van der Waals surface area contributed by atoms with Crippen LogP contribution in [0.1, 0.15) is 43.2 Å². The van der Waals surface area contributed by atoms with Crippen LogP contribution in [0.5, 0.6) is 0 Å². The van der Waals surface area contributed by atoms with E-state index in [1.54, 1.807) is 4.90 Å². The van der Waals surface area contributed by atoms with E-state index in [0.29, 0.717) is 57.3 Å². The van der Waals surface area contributed by atoms with Gasteiger partial charge in [0.1, 0.15) is 11.5 Å². The van der Waals surface area contributed by atoms with Crippen molar-refractivity contribution in [1.82, 2.24) is 9.21 Å². The average molecular weight is 609 g/mol. The lowest BCUT2D eigenvalue weighted by Gasteiger charge is -2.38. The van der Waals surface area contributed by atoms with Gasteiger partial charge >= 0.3 is 6.18 Å². The zero-order valence-corrected chi connectivity index (χ0v) is 23.3. The van der Waals surface area contributed by atoms with Crippen LogP contribution in [0.15, 0.2) is 47.4 Å². The van der Waals surface area contributed by atoms with Crippen molar-refractivity contribution in [2.24, 2.45) is 0 Å². The Morgan fingerprint density at radius 2 is 1.67 bits per heavy atom. The molecule has 4 rings (SSSR count). The van der Waals surface area contributed by atoms with Crippen molar-refractivity contribution in [2.45, 2.75) is 54.8 Å². The van der Waals surface area contributed by atoms with E-state index in [4.69, 9.17) is 27.9 Å². The van der Waals surface area contributed by atoms with E-state index in [-0.39, 0.29) is 25.7 Å². The highest BCUT2D eigenvalue weighted by Gasteiger charge is 2.39. The molecular formula is C26H29Cl2F3N2O5S. The summed E-state index contributed by atoms with van der Waals surface area (Å²) in [5.41, 5.74) is -1.34. The van der Waals surface area contributed by atoms with Crippen molar-refractivity contribution in [3.05, 3.63) is 63.6 Å². The zero-order valence-electron chi connectivity index (χ0n) is 21.0. The summed E-state index contributed by atoms with van der Waals surface area (Å²) in [6, 6.07) is 9.74. The number of likely N-dealkylation sites (tertiary alicyclic amines) is 1. The van der Waals surface area contributed by atoms with Gasteiger partial charge in [0, 0.05) is 25.7 Å². The van der Waals surface area contributed by atoms with E-state index in [0.717, 1.165) is 9.87 Å². The van der Waals surface area contributed by atoms with Gasteiger partial charge in [-0.2, -0.15) is 17.5 Å². The van der Waals surface area contributed by atoms with Gasteiger partial charge < -0.3 is 14.7 Å². The van der Waals surface area contributed by atoms with Gasteiger partial charge in [-0.1, -0.05) is 60.0 Å². The summed E-state index contributed by atoms with van der Waals surface area (Å²) in [4.78, 5) is 13.8. The second-order valence-corrected chi connectivity index (χ2v) is 12.5. The van der Waals surface area contributed by atoms with Crippen LogP contribution in [-0.2, 0) is 31.3 Å². The average Bonchev–Trinajstić information content (AvgIpc) is 2.88. The summed E-state index contributed by atoms with van der Waals surface area (Å²) in [5.74, 6) is -0.274. The van der Waals surface area contributed by atoms with Crippen LogP contribution in [-0.4, -0.2) is 67.5 Å². The molecule has 7 nitrogen and oxygen atoms in total. The number of piperidine rings is 2. The van der Waals surface area contributed by atoms with Crippen molar-refractivity contribution < 1.29 is 36.2 Å². The fourth-order valence-electron chi connectivity index (χ4n) is 5.08. The number of amides is 1. The van der Waals surface area contributed by atoms with E-state index < -0.39 is 48.3 Å². The van der Waals surface area contributed by atoms with Crippen molar-refractivity contribution >= 4 is 39.1 Å². The van der Waals surface area contributed by atoms with Gasteiger partial charge in [0.05, 0.1) is 27.8 Å². The second-order valence-electron chi connectivity index (χ2n) is 9.83. The zero-order chi connectivity index (χ0) is 28.4. The number of sulfonamides is 1. The molecule has 2 aromatic carbocycles. The Morgan fingerprint density at radius 1 is 1.05 bits per heavy atom. The molecule has 0 spiro atoms. The first kappa shape index (κ1) is 30.1. The summed E-state index contributed by atoms with van der Waals surface area (Å²) in [7, 11) is -4.35. The first-order chi connectivity index (χ1) is 18.3. The Bertz CT molecular complexity index is 1260. The molecule has 2 heterocycles. The largest absolute Gasteiger partial charge is 0.416 e. The Labute approximate surface area is 235 Å². The quantitative estimate of drug-likeness (QED) is 0.473. The second kappa shape index (κ2) is 11.9. The number of rotatable bonds is 7. The van der Waals surface area contributed by atoms with Crippen LogP contribution in [0.4, 0.5) is 13.2 Å². The van der Waals surface area contributed by atoms with E-state index in [2.05, 4.69) is 0 Å². The number of hydrogen-bond acceptors (Lipinski definition) is 5. The number of halogens is 5. The molecule has 2 aromatic rings. The third-order valence-electron chi connectivity index (χ3n) is 7.26. The van der Waals surface area contributed by atoms with E-state index in [1.807, 2.05) is 30.3 Å². The minimum absolute atomic E-state index is 0.0807. The lowest BCUT2D eigenvalue weighted by atomic mass is 9.84. The van der Waals surface area contributed by atoms with Crippen LogP contribution in [0, 0.1) is 0 Å². The molecule has 2 fully saturated rings. The number of nitrogens with zero attached hydrogens (tertiary/aromatic N) is 2. The highest BCUT2D eigenvalue weighted by atomic mass is 35.5. The number of hydrogen-bond donors (Lipinski definition) is 1. The maximum absolute atomic E-state index is 13.4. The highest BCUT2D eigenvalue weighted by molar-refractivity contribution is 7.89. The maximum atomic E-state index is 13.4. The Kier molecular flexibility index (Phi) is 9.19. The summed E-state index contributed by atoms with van der Waals surface area (Å²) in [6.45, 7) is 0.464. The van der Waals surface area contributed by atoms with E-state index in [9.17, 15) is 31.5 Å². The van der Waals surface area contributed by atoms with Gasteiger partial charge in [-0.25, -0.2) is 8.42 Å². The van der Waals surface area contributed by atoms with Crippen LogP contribution in [0.2, 0.25) is 10.0 Å². The van der Waals surface area contributed by atoms with Crippen LogP contribution in [0.3, 0.4) is 0 Å². The molecule has 1 unspecified atom stereocenters. The molecule has 0 bridgehead atoms. The Balaban J connectivity index is 1.37. The number of ether oxygens (including phenoxy) is 1. The van der Waals surface area contributed by atoms with Gasteiger partial charge in [0.25, 0.3) is 0 Å². The number of carbonyl (C=O) groups is 1. The lowest BCUT2D eigenvalue weighted by molar-refractivity contribution is -0.141. The molecule has 0 saturated carbocycles. The first-order valence-electron chi connectivity index (χ1n) is 12.5. The minimum atomic E-state index is -4.74. The van der Waals surface area contributed by atoms with Gasteiger partial charge in [0.2, 0.25) is 15.9 Å². The number of aliphatic hydroxyl groups is 1. The predicted molar refractivity (Wildman–Crippen MR) is 140 cm³/mol. The van der Waals surface area contributed by atoms with Gasteiger partial charge in [-0.15, -0.1) is 0 Å². The normalized spacial score (nSPS) is 20.7. The van der Waals surface area contributed by atoms with Crippen LogP contribution < -0.4 is 0 Å². The van der Waals surface area contributed by atoms with Crippen molar-refractivity contribution in [1.29, 1.82) is 0 Å². The molecule has 0 aliphatic carbocycles. The molecule has 2 aliphatic rings. The first-order valence-corrected chi connectivity index (χ1v) is 14.7. The molecule has 0 radical (unpaired) electrons. The van der Waals surface area contributed by atoms with Crippen molar-refractivity contribution in [2.75, 3.05) is 32.8 Å². The number of benzene rings is 2. The van der Waals surface area contributed by atoms with Crippen LogP contribution in [0.25, 0.3) is 0 Å². The van der Waals surface area contributed by atoms with Crippen LogP contribution >= 0.6 is 23.2 Å². The Hall–Kier alpha value is -1.89. The monoisotopic (exact) mass is 608 g/mol. The number of carbonyl (C=O) groups excluding carboxylic acids is 1. The molecule has 1 amide bonds. The predicted octanol–water partition coefficient (Wildman–Crippen LogP) is 5.08. The number of alkyl halides is 3. The van der Waals surface area contributed by atoms with E-state index >= 15 is 0 Å². The fourth-order valence-corrected chi connectivity index (χ4v) is 7.93. The molecule has 1 N–H and O–H groups in total. The lowest BCUT2D eigenvalue weighted by Crippen LogP contribution is -2.48. The summed E-state index contributed by atoms with van der Waals surface area (Å²) in [6.07, 6.45) is -2.28. The molecule has 2 aliphatic heterocycles. The molecule has 2 saturated heterocycles. The van der Waals surface area contributed by atoms with Gasteiger partial charge in [-0.3, -0.25) is 4.79 Å². The maximum Gasteiger partial charge on any atom is 0.416 e. The molecule has 0 aromatic heterocycles. The fraction of sp³-hybridized carbons (Fsp3) is 0.500. The van der Waals surface area contributed by atoms with Crippen molar-refractivity contribution in [3.8, 4) is 0 Å². The standard InChI is InChI=1S/C26H29Cl2F3N2O5S/c27-21-14-19(26(29,30)31)15-22(28)24(21)39(36,37)33-11-5-4-8-20(33)16-38-17-23(34)32-12-9-25(35,10-13-32)18-6-2-1-3-7-18/h1-3,6-7,14-15,20,35H,4-5,8-13,16-17H2. The summed E-state index contributed by atoms with van der Waals surface area (Å²) < 4.78 is 73.0. The third-order valence-corrected chi connectivity index (χ3v) is 10.1. The highest BCUT2D eigenvalue weighted by Crippen LogP contribution is 2.40. The molecular weight excluding hydrogens is 580 g/mol. The molecule has 1 atom stereocenters. The smallest absolute Gasteiger partial charge is 0.385 e. The van der Waals surface area contributed by atoms with Gasteiger partial charge in [-0.05, 0) is 43.4 Å². The summed E-state index contributed by atoms with van der Waals surface area (Å²) >= 11 is 12.0. The summed E-state index contributed by atoms with van der Waals surface area (Å²) in [5, 5.41) is 9.75. The third kappa shape index (κ3) is 6.71. The molecule has 13 heteroatoms. The minimum Gasteiger partial charge on any atom is -0.385 e. The topological polar surface area (TPSA) is 87.2 Å². The van der Waals surface area contributed by atoms with Crippen molar-refractivity contribution in [3.63, 3.8) is 0 Å². The Morgan fingerprint density at radius 3 is 2.26 bits per heavy atom. The van der Waals surface area contributed by atoms with E-state index in [1.165, 1.54) is 0 Å². The molecule has 214 valence electrons.